The fourth-order valence-corrected chi connectivity index (χ4v) is 2.57. The van der Waals surface area contributed by atoms with Crippen LogP contribution in [0.2, 0.25) is 0 Å². The van der Waals surface area contributed by atoms with Gasteiger partial charge in [0.05, 0.1) is 6.10 Å². The zero-order valence-corrected chi connectivity index (χ0v) is 9.63. The monoisotopic (exact) mass is 226 g/mol. The van der Waals surface area contributed by atoms with E-state index in [0.29, 0.717) is 12.6 Å². The molecule has 0 aromatic heterocycles. The molecule has 87 valence electrons. The van der Waals surface area contributed by atoms with Gasteiger partial charge in [-0.05, 0) is 31.2 Å². The van der Waals surface area contributed by atoms with Gasteiger partial charge in [0.2, 0.25) is 0 Å². The second-order valence-electron chi connectivity index (χ2n) is 4.60. The summed E-state index contributed by atoms with van der Waals surface area (Å²) in [5, 5.41) is 13.3. The largest absolute Gasteiger partial charge is 0.391 e. The van der Waals surface area contributed by atoms with Crippen molar-refractivity contribution in [2.45, 2.75) is 18.6 Å². The Bertz CT molecular complexity index is 364. The lowest BCUT2D eigenvalue weighted by molar-refractivity contribution is 0.166. The van der Waals surface area contributed by atoms with Crippen molar-refractivity contribution in [3.8, 4) is 0 Å². The molecule has 2 unspecified atom stereocenters. The van der Waals surface area contributed by atoms with Crippen molar-refractivity contribution in [3.05, 3.63) is 67.0 Å². The van der Waals surface area contributed by atoms with Gasteiger partial charge in [-0.1, -0.05) is 30.3 Å². The predicted octanol–water partition coefficient (Wildman–Crippen LogP) is 1.34. The molecule has 1 heterocycles. The molecule has 1 saturated heterocycles. The molecule has 2 fully saturated rings. The summed E-state index contributed by atoms with van der Waals surface area (Å²) in [6, 6.07) is 10.8. The Morgan fingerprint density at radius 1 is 1.12 bits per heavy atom. The highest BCUT2D eigenvalue weighted by molar-refractivity contribution is 5.50. The van der Waals surface area contributed by atoms with Gasteiger partial charge < -0.3 is 10.4 Å². The zero-order valence-electron chi connectivity index (χ0n) is 9.63. The number of hydrogen-bond donors (Lipinski definition) is 2. The SMILES string of the molecule is OC1CNC(Cc2ccccc2)[C]2[CH][CH][CH][C]21. The maximum atomic E-state index is 9.87. The number of fused-ring (bicyclic) bond motifs is 1. The minimum Gasteiger partial charge on any atom is -0.391 e. The average Bonchev–Trinajstić information content (AvgIpc) is 2.84. The van der Waals surface area contributed by atoms with E-state index >= 15 is 0 Å². The highest BCUT2D eigenvalue weighted by Crippen LogP contribution is 2.41. The third-order valence-electron chi connectivity index (χ3n) is 3.46. The van der Waals surface area contributed by atoms with Crippen molar-refractivity contribution in [2.75, 3.05) is 6.54 Å². The first-order chi connectivity index (χ1) is 8.34. The van der Waals surface area contributed by atoms with Gasteiger partial charge in [0.25, 0.3) is 0 Å². The van der Waals surface area contributed by atoms with Gasteiger partial charge >= 0.3 is 0 Å². The predicted molar refractivity (Wildman–Crippen MR) is 67.3 cm³/mol. The summed E-state index contributed by atoms with van der Waals surface area (Å²) in [4.78, 5) is 0. The Hall–Kier alpha value is -0.860. The molecular weight excluding hydrogens is 210 g/mol. The van der Waals surface area contributed by atoms with Gasteiger partial charge in [-0.25, -0.2) is 0 Å². The third-order valence-corrected chi connectivity index (χ3v) is 3.46. The maximum Gasteiger partial charge on any atom is 0.0736 e. The van der Waals surface area contributed by atoms with Gasteiger partial charge in [0, 0.05) is 24.4 Å². The van der Waals surface area contributed by atoms with Crippen LogP contribution < -0.4 is 5.32 Å². The Labute approximate surface area is 103 Å². The number of benzene rings is 1. The van der Waals surface area contributed by atoms with Gasteiger partial charge in [0.15, 0.2) is 0 Å². The molecule has 1 saturated carbocycles. The van der Waals surface area contributed by atoms with Crippen LogP contribution in [0.25, 0.3) is 0 Å². The summed E-state index contributed by atoms with van der Waals surface area (Å²) in [5.41, 5.74) is 1.33. The summed E-state index contributed by atoms with van der Waals surface area (Å²) < 4.78 is 0. The Morgan fingerprint density at radius 3 is 2.71 bits per heavy atom. The number of aliphatic hydroxyl groups is 1. The van der Waals surface area contributed by atoms with Crippen molar-refractivity contribution < 1.29 is 5.11 Å². The number of aliphatic hydroxyl groups excluding tert-OH is 1. The minimum absolute atomic E-state index is 0.325. The fraction of sp³-hybridized carbons (Fsp3) is 0.267. The topological polar surface area (TPSA) is 32.3 Å². The number of β-amino-alcohol motifs (C(OH)–C–C–N with tert-alkyl or cyclic N) is 1. The summed E-state index contributed by atoms with van der Waals surface area (Å²) in [6.07, 6.45) is 6.78. The standard InChI is InChI=1S/C15H16NO/c17-15-10-16-14(12-7-4-8-13(12)15)9-11-5-2-1-3-6-11/h1-8,14-17H,9-10H2. The quantitative estimate of drug-likeness (QED) is 0.797. The molecule has 1 aromatic carbocycles. The lowest BCUT2D eigenvalue weighted by Crippen LogP contribution is -2.50. The number of hydrogen-bond acceptors (Lipinski definition) is 2. The average molecular weight is 226 g/mol. The van der Waals surface area contributed by atoms with E-state index in [1.165, 1.54) is 11.5 Å². The first-order valence-corrected chi connectivity index (χ1v) is 6.05. The van der Waals surface area contributed by atoms with Gasteiger partial charge in [-0.2, -0.15) is 0 Å². The van der Waals surface area contributed by atoms with E-state index in [2.05, 4.69) is 36.0 Å². The highest BCUT2D eigenvalue weighted by Gasteiger charge is 2.42. The van der Waals surface area contributed by atoms with Crippen LogP contribution in [0.4, 0.5) is 0 Å². The molecule has 2 aliphatic rings. The van der Waals surface area contributed by atoms with Crippen LogP contribution in [0.1, 0.15) is 5.56 Å². The van der Waals surface area contributed by atoms with Gasteiger partial charge in [-0.3, -0.25) is 0 Å². The minimum atomic E-state index is -0.355. The summed E-state index contributed by atoms with van der Waals surface area (Å²) in [5.74, 6) is 2.33. The molecule has 0 bridgehead atoms. The molecule has 0 spiro atoms. The first kappa shape index (κ1) is 11.2. The molecule has 5 radical (unpaired) electrons. The maximum absolute atomic E-state index is 9.87. The van der Waals surface area contributed by atoms with Gasteiger partial charge in [-0.15, -0.1) is 0 Å². The molecule has 1 aliphatic heterocycles. The van der Waals surface area contributed by atoms with E-state index in [-0.39, 0.29) is 6.10 Å². The molecule has 1 aromatic rings. The molecule has 2 nitrogen and oxygen atoms in total. The van der Waals surface area contributed by atoms with Crippen LogP contribution >= 0.6 is 0 Å². The van der Waals surface area contributed by atoms with Crippen molar-refractivity contribution in [3.63, 3.8) is 0 Å². The van der Waals surface area contributed by atoms with Crippen LogP contribution in [0, 0.1) is 31.1 Å². The van der Waals surface area contributed by atoms with E-state index in [0.717, 1.165) is 12.3 Å². The Balaban J connectivity index is 1.71. The van der Waals surface area contributed by atoms with E-state index < -0.39 is 0 Å². The molecule has 3 rings (SSSR count). The molecule has 1 aliphatic carbocycles. The second kappa shape index (κ2) is 4.79. The molecule has 2 heteroatoms. The lowest BCUT2D eigenvalue weighted by Gasteiger charge is -2.37. The molecule has 17 heavy (non-hydrogen) atoms. The van der Waals surface area contributed by atoms with E-state index in [9.17, 15) is 5.11 Å². The number of nitrogens with one attached hydrogen (secondary N) is 1. The third kappa shape index (κ3) is 2.24. The summed E-state index contributed by atoms with van der Waals surface area (Å²) >= 11 is 0. The van der Waals surface area contributed by atoms with Crippen molar-refractivity contribution in [1.29, 1.82) is 0 Å². The molecule has 2 atom stereocenters. The van der Waals surface area contributed by atoms with Gasteiger partial charge in [0.1, 0.15) is 0 Å². The molecule has 0 amide bonds. The smallest absolute Gasteiger partial charge is 0.0736 e. The number of piperidine rings is 1. The highest BCUT2D eigenvalue weighted by atomic mass is 16.3. The first-order valence-electron chi connectivity index (χ1n) is 6.05. The van der Waals surface area contributed by atoms with Crippen LogP contribution in [0.3, 0.4) is 0 Å². The Morgan fingerprint density at radius 2 is 1.88 bits per heavy atom. The van der Waals surface area contributed by atoms with Crippen molar-refractivity contribution in [2.24, 2.45) is 0 Å². The van der Waals surface area contributed by atoms with E-state index in [1.807, 2.05) is 18.9 Å². The van der Waals surface area contributed by atoms with Crippen LogP contribution in [0.5, 0.6) is 0 Å². The zero-order chi connectivity index (χ0) is 11.7. The molecular formula is C15H16NO. The van der Waals surface area contributed by atoms with Crippen LogP contribution in [-0.2, 0) is 6.42 Å². The summed E-state index contributed by atoms with van der Waals surface area (Å²) in [6.45, 7) is 0.647. The van der Waals surface area contributed by atoms with Crippen molar-refractivity contribution in [1.82, 2.24) is 5.32 Å². The van der Waals surface area contributed by atoms with Crippen molar-refractivity contribution >= 4 is 0 Å². The Kier molecular flexibility index (Phi) is 3.17. The second-order valence-corrected chi connectivity index (χ2v) is 4.60. The summed E-state index contributed by atoms with van der Waals surface area (Å²) in [7, 11) is 0. The molecule has 2 N–H and O–H groups in total. The van der Waals surface area contributed by atoms with Crippen LogP contribution in [0.15, 0.2) is 30.3 Å². The normalized spacial score (nSPS) is 30.4. The van der Waals surface area contributed by atoms with Crippen LogP contribution in [-0.4, -0.2) is 23.8 Å². The van der Waals surface area contributed by atoms with E-state index in [1.54, 1.807) is 0 Å². The fourth-order valence-electron chi connectivity index (χ4n) is 2.57. The lowest BCUT2D eigenvalue weighted by atomic mass is 9.79. The number of rotatable bonds is 2. The van der Waals surface area contributed by atoms with E-state index in [4.69, 9.17) is 0 Å².